The molecule has 0 radical (unpaired) electrons. The predicted molar refractivity (Wildman–Crippen MR) is 107 cm³/mol. The monoisotopic (exact) mass is 379 g/mol. The number of hydrogen-bond acceptors (Lipinski definition) is 4. The lowest BCUT2D eigenvalue weighted by Crippen LogP contribution is -2.36. The first-order valence-electron chi connectivity index (χ1n) is 9.41. The van der Waals surface area contributed by atoms with E-state index in [0.717, 1.165) is 5.56 Å². The number of rotatable bonds is 8. The lowest BCUT2D eigenvalue weighted by atomic mass is 10.1. The first kappa shape index (κ1) is 19.8. The second-order valence-electron chi connectivity index (χ2n) is 7.20. The Kier molecular flexibility index (Phi) is 6.21. The number of fused-ring (bicyclic) bond motifs is 1. The van der Waals surface area contributed by atoms with Gasteiger partial charge in [-0.05, 0) is 38.2 Å². The largest absolute Gasteiger partial charge is 0.348 e. The minimum atomic E-state index is -0.282. The molecule has 0 aliphatic carbocycles. The fraction of sp³-hybridized carbons (Fsp3) is 0.318. The van der Waals surface area contributed by atoms with Gasteiger partial charge in [0.05, 0.1) is 17.2 Å². The first-order chi connectivity index (χ1) is 13.5. The molecule has 1 N–H and O–H groups in total. The molecule has 2 aromatic rings. The molecule has 0 bridgehead atoms. The predicted octanol–water partition coefficient (Wildman–Crippen LogP) is 2.48. The Bertz CT molecular complexity index is 829. The maximum atomic E-state index is 12.4. The van der Waals surface area contributed by atoms with Crippen LogP contribution < -0.4 is 5.32 Å². The SMILES string of the molecule is CN(C)C[C@H](NC(=O)CCCN1C(=O)c2ccccc2C1=O)c1ccccc1. The van der Waals surface area contributed by atoms with E-state index >= 15 is 0 Å². The molecular formula is C22H25N3O3. The molecule has 0 saturated heterocycles. The highest BCUT2D eigenvalue weighted by molar-refractivity contribution is 6.21. The second-order valence-corrected chi connectivity index (χ2v) is 7.20. The molecule has 0 saturated carbocycles. The first-order valence-corrected chi connectivity index (χ1v) is 9.41. The second kappa shape index (κ2) is 8.80. The van der Waals surface area contributed by atoms with E-state index in [2.05, 4.69) is 5.32 Å². The number of likely N-dealkylation sites (N-methyl/N-ethyl adjacent to an activating group) is 1. The summed E-state index contributed by atoms with van der Waals surface area (Å²) in [5.74, 6) is -0.654. The van der Waals surface area contributed by atoms with Gasteiger partial charge in [0.1, 0.15) is 0 Å². The Hall–Kier alpha value is -2.99. The minimum Gasteiger partial charge on any atom is -0.348 e. The highest BCUT2D eigenvalue weighted by atomic mass is 16.2. The van der Waals surface area contributed by atoms with Crippen LogP contribution in [0.25, 0.3) is 0 Å². The topological polar surface area (TPSA) is 69.7 Å². The molecular weight excluding hydrogens is 354 g/mol. The van der Waals surface area contributed by atoms with E-state index in [1.54, 1.807) is 24.3 Å². The van der Waals surface area contributed by atoms with Gasteiger partial charge in [-0.15, -0.1) is 0 Å². The summed E-state index contributed by atoms with van der Waals surface area (Å²) in [7, 11) is 3.93. The van der Waals surface area contributed by atoms with Crippen molar-refractivity contribution in [2.24, 2.45) is 0 Å². The summed E-state index contributed by atoms with van der Waals surface area (Å²) in [5.41, 5.74) is 1.92. The zero-order valence-corrected chi connectivity index (χ0v) is 16.2. The molecule has 146 valence electrons. The molecule has 1 atom stereocenters. The van der Waals surface area contributed by atoms with E-state index in [-0.39, 0.29) is 36.7 Å². The molecule has 1 heterocycles. The maximum absolute atomic E-state index is 12.4. The number of carbonyl (C=O) groups is 3. The number of carbonyl (C=O) groups excluding carboxylic acids is 3. The number of nitrogens with zero attached hydrogens (tertiary/aromatic N) is 2. The Labute approximate surface area is 165 Å². The van der Waals surface area contributed by atoms with Gasteiger partial charge in [-0.25, -0.2) is 0 Å². The van der Waals surface area contributed by atoms with Crippen LogP contribution in [0.3, 0.4) is 0 Å². The highest BCUT2D eigenvalue weighted by Crippen LogP contribution is 2.22. The fourth-order valence-electron chi connectivity index (χ4n) is 3.39. The van der Waals surface area contributed by atoms with E-state index in [0.29, 0.717) is 24.1 Å². The van der Waals surface area contributed by atoms with E-state index in [1.807, 2.05) is 49.3 Å². The van der Waals surface area contributed by atoms with Gasteiger partial charge in [-0.3, -0.25) is 19.3 Å². The van der Waals surface area contributed by atoms with Crippen molar-refractivity contribution in [2.45, 2.75) is 18.9 Å². The van der Waals surface area contributed by atoms with Gasteiger partial charge in [-0.1, -0.05) is 42.5 Å². The van der Waals surface area contributed by atoms with Crippen LogP contribution in [0.4, 0.5) is 0 Å². The smallest absolute Gasteiger partial charge is 0.261 e. The number of benzene rings is 2. The van der Waals surface area contributed by atoms with Crippen LogP contribution in [-0.2, 0) is 4.79 Å². The number of hydrogen-bond donors (Lipinski definition) is 1. The van der Waals surface area contributed by atoms with Gasteiger partial charge in [-0.2, -0.15) is 0 Å². The summed E-state index contributed by atoms with van der Waals surface area (Å²) in [4.78, 5) is 40.4. The van der Waals surface area contributed by atoms with E-state index in [1.165, 1.54) is 4.90 Å². The van der Waals surface area contributed by atoms with Crippen molar-refractivity contribution in [1.82, 2.24) is 15.1 Å². The molecule has 3 rings (SSSR count). The van der Waals surface area contributed by atoms with E-state index in [9.17, 15) is 14.4 Å². The van der Waals surface area contributed by atoms with Crippen molar-refractivity contribution in [3.8, 4) is 0 Å². The van der Waals surface area contributed by atoms with Crippen molar-refractivity contribution in [3.05, 3.63) is 71.3 Å². The highest BCUT2D eigenvalue weighted by Gasteiger charge is 2.34. The summed E-state index contributed by atoms with van der Waals surface area (Å²) >= 11 is 0. The normalized spacial score (nSPS) is 14.3. The summed E-state index contributed by atoms with van der Waals surface area (Å²) in [6, 6.07) is 16.5. The Morgan fingerprint density at radius 2 is 1.54 bits per heavy atom. The Balaban J connectivity index is 1.54. The summed E-state index contributed by atoms with van der Waals surface area (Å²) in [6.45, 7) is 0.928. The molecule has 28 heavy (non-hydrogen) atoms. The zero-order chi connectivity index (χ0) is 20.1. The average molecular weight is 379 g/mol. The van der Waals surface area contributed by atoms with Crippen molar-refractivity contribution in [3.63, 3.8) is 0 Å². The minimum absolute atomic E-state index is 0.0905. The van der Waals surface area contributed by atoms with Crippen molar-refractivity contribution in [2.75, 3.05) is 27.2 Å². The molecule has 0 fully saturated rings. The van der Waals surface area contributed by atoms with Crippen molar-refractivity contribution in [1.29, 1.82) is 0 Å². The van der Waals surface area contributed by atoms with Crippen LogP contribution in [0.5, 0.6) is 0 Å². The standard InChI is InChI=1S/C22H25N3O3/c1-24(2)15-19(16-9-4-3-5-10-16)23-20(26)13-8-14-25-21(27)17-11-6-7-12-18(17)22(25)28/h3-7,9-12,19H,8,13-15H2,1-2H3,(H,23,26)/t19-/m0/s1. The fourth-order valence-corrected chi connectivity index (χ4v) is 3.39. The van der Waals surface area contributed by atoms with Crippen LogP contribution in [0, 0.1) is 0 Å². The lowest BCUT2D eigenvalue weighted by molar-refractivity contribution is -0.122. The average Bonchev–Trinajstić information content (AvgIpc) is 2.93. The van der Waals surface area contributed by atoms with Crippen LogP contribution in [0.1, 0.15) is 45.2 Å². The Morgan fingerprint density at radius 3 is 2.11 bits per heavy atom. The molecule has 6 nitrogen and oxygen atoms in total. The number of imide groups is 1. The molecule has 0 spiro atoms. The van der Waals surface area contributed by atoms with Gasteiger partial charge in [0.2, 0.25) is 5.91 Å². The van der Waals surface area contributed by atoms with Crippen LogP contribution in [0.2, 0.25) is 0 Å². The maximum Gasteiger partial charge on any atom is 0.261 e. The van der Waals surface area contributed by atoms with Gasteiger partial charge in [0.25, 0.3) is 11.8 Å². The van der Waals surface area contributed by atoms with Crippen LogP contribution in [0.15, 0.2) is 54.6 Å². The lowest BCUT2D eigenvalue weighted by Gasteiger charge is -2.23. The van der Waals surface area contributed by atoms with Crippen LogP contribution >= 0.6 is 0 Å². The third kappa shape index (κ3) is 4.46. The van der Waals surface area contributed by atoms with Crippen LogP contribution in [-0.4, -0.2) is 54.7 Å². The van der Waals surface area contributed by atoms with E-state index < -0.39 is 0 Å². The third-order valence-corrected chi connectivity index (χ3v) is 4.75. The quantitative estimate of drug-likeness (QED) is 0.716. The summed E-state index contributed by atoms with van der Waals surface area (Å²) < 4.78 is 0. The molecule has 0 aromatic heterocycles. The molecule has 6 heteroatoms. The zero-order valence-electron chi connectivity index (χ0n) is 16.2. The van der Waals surface area contributed by atoms with Crippen molar-refractivity contribution < 1.29 is 14.4 Å². The molecule has 1 aliphatic heterocycles. The third-order valence-electron chi connectivity index (χ3n) is 4.75. The van der Waals surface area contributed by atoms with Crippen molar-refractivity contribution >= 4 is 17.7 Å². The van der Waals surface area contributed by atoms with Gasteiger partial charge >= 0.3 is 0 Å². The molecule has 3 amide bonds. The molecule has 0 unspecified atom stereocenters. The molecule has 2 aromatic carbocycles. The van der Waals surface area contributed by atoms with Gasteiger partial charge in [0, 0.05) is 19.5 Å². The van der Waals surface area contributed by atoms with Gasteiger partial charge < -0.3 is 10.2 Å². The molecule has 1 aliphatic rings. The van der Waals surface area contributed by atoms with Gasteiger partial charge in [0.15, 0.2) is 0 Å². The van der Waals surface area contributed by atoms with E-state index in [4.69, 9.17) is 0 Å². The number of amides is 3. The summed E-state index contributed by atoms with van der Waals surface area (Å²) in [6.07, 6.45) is 0.685. The Morgan fingerprint density at radius 1 is 0.964 bits per heavy atom. The summed E-state index contributed by atoms with van der Waals surface area (Å²) in [5, 5.41) is 3.06. The number of nitrogens with one attached hydrogen (secondary N) is 1.